The van der Waals surface area contributed by atoms with E-state index in [1.54, 1.807) is 31.3 Å². The number of amides is 1. The molecular weight excluding hydrogens is 588 g/mol. The summed E-state index contributed by atoms with van der Waals surface area (Å²) in [6, 6.07) is 4.46. The Bertz CT molecular complexity index is 1190. The van der Waals surface area contributed by atoms with Crippen LogP contribution in [-0.2, 0) is 14.3 Å². The second-order valence-electron chi connectivity index (χ2n) is 11.6. The van der Waals surface area contributed by atoms with Crippen LogP contribution in [0.25, 0.3) is 0 Å². The molecule has 0 spiro atoms. The van der Waals surface area contributed by atoms with Crippen LogP contribution < -0.4 is 4.74 Å². The third-order valence-electron chi connectivity index (χ3n) is 9.02. The minimum absolute atomic E-state index is 0.0560. The summed E-state index contributed by atoms with van der Waals surface area (Å²) in [5.41, 5.74) is 2.51. The van der Waals surface area contributed by atoms with E-state index in [1.807, 2.05) is 6.92 Å². The first-order chi connectivity index (χ1) is 21.4. The van der Waals surface area contributed by atoms with Gasteiger partial charge in [-0.2, -0.15) is 0 Å². The van der Waals surface area contributed by atoms with Crippen LogP contribution in [0, 0.1) is 17.8 Å². The molecule has 4 rings (SSSR count). The van der Waals surface area contributed by atoms with Gasteiger partial charge in [0, 0.05) is 38.2 Å². The van der Waals surface area contributed by atoms with E-state index in [1.165, 1.54) is 4.90 Å². The van der Waals surface area contributed by atoms with Crippen molar-refractivity contribution in [3.8, 4) is 11.5 Å². The van der Waals surface area contributed by atoms with Gasteiger partial charge in [0.2, 0.25) is 5.79 Å². The number of benzene rings is 1. The SMILES string of the molecule is C=CCO[C@@]12Oc3ccc(O)cc3[C@H]3[C@H](CCCCO)[C@@H](CCCCO)C=C(C(=NOCC)C[C@@H]1N(C)C(=O)OCCCl)[C@H]32. The van der Waals surface area contributed by atoms with Crippen LogP contribution in [0.1, 0.15) is 63.4 Å². The van der Waals surface area contributed by atoms with Crippen molar-refractivity contribution in [1.29, 1.82) is 0 Å². The first-order valence-corrected chi connectivity index (χ1v) is 16.2. The number of oxime groups is 1. The zero-order valence-electron chi connectivity index (χ0n) is 25.8. The van der Waals surface area contributed by atoms with Crippen LogP contribution in [0.4, 0.5) is 4.79 Å². The maximum absolute atomic E-state index is 13.3. The summed E-state index contributed by atoms with van der Waals surface area (Å²) in [6.45, 7) is 6.58. The zero-order chi connectivity index (χ0) is 31.7. The number of hydrogen-bond acceptors (Lipinski definition) is 9. The van der Waals surface area contributed by atoms with Gasteiger partial charge in [0.1, 0.15) is 30.8 Å². The number of carbonyl (C=O) groups excluding carboxylic acids is 1. The molecule has 244 valence electrons. The Morgan fingerprint density at radius 3 is 2.66 bits per heavy atom. The molecule has 1 amide bonds. The number of allylic oxidation sites excluding steroid dienone is 1. The highest BCUT2D eigenvalue weighted by Crippen LogP contribution is 2.61. The first kappa shape index (κ1) is 34.1. The Kier molecular flexibility index (Phi) is 12.4. The van der Waals surface area contributed by atoms with Gasteiger partial charge in [0.25, 0.3) is 0 Å². The van der Waals surface area contributed by atoms with Crippen LogP contribution >= 0.6 is 11.6 Å². The minimum atomic E-state index is -1.35. The molecule has 0 bridgehead atoms. The van der Waals surface area contributed by atoms with Crippen molar-refractivity contribution in [3.05, 3.63) is 48.1 Å². The van der Waals surface area contributed by atoms with Crippen LogP contribution in [-0.4, -0.2) is 89.8 Å². The fourth-order valence-electron chi connectivity index (χ4n) is 7.23. The molecule has 1 saturated carbocycles. The summed E-state index contributed by atoms with van der Waals surface area (Å²) in [5.74, 6) is -0.874. The maximum atomic E-state index is 13.3. The van der Waals surface area contributed by atoms with Gasteiger partial charge in [-0.3, -0.25) is 0 Å². The van der Waals surface area contributed by atoms with Crippen LogP contribution in [0.15, 0.2) is 47.7 Å². The molecule has 44 heavy (non-hydrogen) atoms. The van der Waals surface area contributed by atoms with E-state index >= 15 is 0 Å². The molecular formula is C33H47ClN2O8. The second-order valence-corrected chi connectivity index (χ2v) is 12.0. The molecule has 1 aliphatic heterocycles. The van der Waals surface area contributed by atoms with E-state index < -0.39 is 23.8 Å². The number of hydrogen-bond donors (Lipinski definition) is 3. The number of aliphatic hydroxyl groups excluding tert-OH is 2. The topological polar surface area (TPSA) is 130 Å². The summed E-state index contributed by atoms with van der Waals surface area (Å²) in [6.07, 6.45) is 8.34. The maximum Gasteiger partial charge on any atom is 0.410 e. The number of phenolic OH excluding ortho intramolecular Hbond substituents is 1. The number of aliphatic hydroxyl groups is 2. The number of carbonyl (C=O) groups is 1. The van der Waals surface area contributed by atoms with E-state index in [-0.39, 0.29) is 62.2 Å². The smallest absolute Gasteiger partial charge is 0.410 e. The number of rotatable bonds is 16. The third kappa shape index (κ3) is 7.03. The molecule has 0 unspecified atom stereocenters. The molecule has 1 aromatic rings. The van der Waals surface area contributed by atoms with Crippen molar-refractivity contribution < 1.29 is 39.2 Å². The largest absolute Gasteiger partial charge is 0.508 e. The second kappa shape index (κ2) is 16.0. The number of likely N-dealkylation sites (N-methyl/N-ethyl adjacent to an activating group) is 1. The van der Waals surface area contributed by atoms with E-state index in [2.05, 4.69) is 17.8 Å². The van der Waals surface area contributed by atoms with Crippen LogP contribution in [0.3, 0.4) is 0 Å². The third-order valence-corrected chi connectivity index (χ3v) is 9.17. The summed E-state index contributed by atoms with van der Waals surface area (Å²) >= 11 is 5.83. The fraction of sp³-hybridized carbons (Fsp3) is 0.636. The van der Waals surface area contributed by atoms with Gasteiger partial charge in [-0.1, -0.05) is 30.1 Å². The Labute approximate surface area is 265 Å². The number of phenols is 1. The summed E-state index contributed by atoms with van der Waals surface area (Å²) in [4.78, 5) is 20.5. The molecule has 6 atom stereocenters. The van der Waals surface area contributed by atoms with Crippen molar-refractivity contribution >= 4 is 23.4 Å². The lowest BCUT2D eigenvalue weighted by molar-refractivity contribution is -0.253. The molecule has 0 aromatic heterocycles. The number of ether oxygens (including phenoxy) is 3. The predicted octanol–water partition coefficient (Wildman–Crippen LogP) is 5.35. The molecule has 2 aliphatic carbocycles. The highest BCUT2D eigenvalue weighted by atomic mass is 35.5. The molecule has 0 radical (unpaired) electrons. The Hall–Kier alpha value is -2.79. The lowest BCUT2D eigenvalue weighted by atomic mass is 9.55. The molecule has 1 heterocycles. The van der Waals surface area contributed by atoms with Crippen LogP contribution in [0.2, 0.25) is 0 Å². The molecule has 1 aromatic carbocycles. The quantitative estimate of drug-likeness (QED) is 0.0960. The normalized spacial score (nSPS) is 27.9. The number of halogens is 1. The first-order valence-electron chi connectivity index (χ1n) is 15.7. The average Bonchev–Trinajstić information content (AvgIpc) is 3.03. The van der Waals surface area contributed by atoms with Crippen molar-refractivity contribution in [3.63, 3.8) is 0 Å². The standard InChI is InChI=1S/C33H47ClN2O8/c1-4-17-42-33-29(36(3)32(40)41-18-14-34)21-27(35-43-5-2)25-19-22(10-6-8-15-37)24(11-7-9-16-38)30(31(25)33)26-20-23(39)12-13-28(26)44-33/h4,12-13,19-20,22,24,29-31,37-39H,1,5-11,14-18,21H2,2-3H3/t22-,24+,29-,30+,31+,33+/m0/s1. The molecule has 3 aliphatic rings. The van der Waals surface area contributed by atoms with Gasteiger partial charge >= 0.3 is 6.09 Å². The highest BCUT2D eigenvalue weighted by molar-refractivity contribution is 6.18. The van der Waals surface area contributed by atoms with Gasteiger partial charge in [-0.15, -0.1) is 18.2 Å². The average molecular weight is 635 g/mol. The van der Waals surface area contributed by atoms with Gasteiger partial charge in [-0.05, 0) is 68.2 Å². The number of nitrogens with zero attached hydrogens (tertiary/aromatic N) is 2. The minimum Gasteiger partial charge on any atom is -0.508 e. The van der Waals surface area contributed by atoms with Crippen molar-refractivity contribution in [2.75, 3.05) is 46.0 Å². The van der Waals surface area contributed by atoms with Gasteiger partial charge in [0.15, 0.2) is 0 Å². The fourth-order valence-corrected chi connectivity index (χ4v) is 7.31. The monoisotopic (exact) mass is 634 g/mol. The number of aromatic hydroxyl groups is 1. The van der Waals surface area contributed by atoms with E-state index in [9.17, 15) is 20.1 Å². The summed E-state index contributed by atoms with van der Waals surface area (Å²) in [7, 11) is 1.66. The van der Waals surface area contributed by atoms with Gasteiger partial charge in [-0.25, -0.2) is 4.79 Å². The lowest BCUT2D eigenvalue weighted by Gasteiger charge is -2.59. The number of fused-ring (bicyclic) bond motifs is 2. The highest BCUT2D eigenvalue weighted by Gasteiger charge is 2.65. The van der Waals surface area contributed by atoms with Crippen molar-refractivity contribution in [2.45, 2.75) is 69.6 Å². The van der Waals surface area contributed by atoms with Gasteiger partial charge in [0.05, 0.1) is 24.1 Å². The Morgan fingerprint density at radius 1 is 1.23 bits per heavy atom. The zero-order valence-corrected chi connectivity index (χ0v) is 26.6. The Balaban J connectivity index is 1.97. The van der Waals surface area contributed by atoms with E-state index in [0.29, 0.717) is 30.9 Å². The molecule has 11 heteroatoms. The summed E-state index contributed by atoms with van der Waals surface area (Å²) in [5, 5.41) is 34.5. The van der Waals surface area contributed by atoms with Crippen LogP contribution in [0.5, 0.6) is 11.5 Å². The predicted molar refractivity (Wildman–Crippen MR) is 168 cm³/mol. The molecule has 0 saturated heterocycles. The summed E-state index contributed by atoms with van der Waals surface area (Å²) < 4.78 is 19.1. The van der Waals surface area contributed by atoms with Crippen molar-refractivity contribution in [2.24, 2.45) is 22.9 Å². The Morgan fingerprint density at radius 2 is 1.98 bits per heavy atom. The van der Waals surface area contributed by atoms with E-state index in [4.69, 9.17) is 30.6 Å². The molecule has 3 N–H and O–H groups in total. The van der Waals surface area contributed by atoms with Gasteiger partial charge < -0.3 is 39.3 Å². The molecule has 1 fully saturated rings. The lowest BCUT2D eigenvalue weighted by Crippen LogP contribution is -2.69. The molecule has 10 nitrogen and oxygen atoms in total. The van der Waals surface area contributed by atoms with E-state index in [0.717, 1.165) is 36.8 Å². The number of unbranched alkanes of at least 4 members (excludes halogenated alkanes) is 2. The number of alkyl halides is 1. The van der Waals surface area contributed by atoms with Crippen molar-refractivity contribution in [1.82, 2.24) is 4.90 Å².